The van der Waals surface area contributed by atoms with Crippen molar-refractivity contribution in [1.29, 1.82) is 0 Å². The fraction of sp³-hybridized carbons (Fsp3) is 0.200. The second-order valence-electron chi connectivity index (χ2n) is 4.43. The number of aromatic carboxylic acids is 1. The molecule has 0 radical (unpaired) electrons. The highest BCUT2D eigenvalue weighted by Gasteiger charge is 2.18. The summed E-state index contributed by atoms with van der Waals surface area (Å²) in [6.45, 7) is 5.45. The maximum absolute atomic E-state index is 11.3. The molecule has 1 aromatic carbocycles. The molecule has 1 aromatic heterocycles. The highest BCUT2D eigenvalue weighted by Crippen LogP contribution is 2.28. The van der Waals surface area contributed by atoms with E-state index in [1.165, 1.54) is 0 Å². The molecule has 98 valence electrons. The number of aromatic nitrogens is 1. The van der Waals surface area contributed by atoms with E-state index in [-0.39, 0.29) is 11.4 Å². The summed E-state index contributed by atoms with van der Waals surface area (Å²) in [6.07, 6.45) is 0. The second kappa shape index (κ2) is 5.10. The first-order chi connectivity index (χ1) is 8.99. The van der Waals surface area contributed by atoms with Crippen LogP contribution in [0.4, 0.5) is 0 Å². The summed E-state index contributed by atoms with van der Waals surface area (Å²) < 4.78 is 5.67. The number of para-hydroxylation sites is 1. The Morgan fingerprint density at radius 2 is 1.84 bits per heavy atom. The molecular formula is C15H15NO3. The minimum Gasteiger partial charge on any atom is -0.477 e. The van der Waals surface area contributed by atoms with Gasteiger partial charge in [0, 0.05) is 5.69 Å². The Bertz CT molecular complexity index is 635. The van der Waals surface area contributed by atoms with E-state index < -0.39 is 5.97 Å². The summed E-state index contributed by atoms with van der Waals surface area (Å²) in [4.78, 5) is 15.5. The molecule has 4 heteroatoms. The topological polar surface area (TPSA) is 59.4 Å². The molecule has 0 aliphatic carbocycles. The molecule has 0 amide bonds. The summed E-state index contributed by atoms with van der Waals surface area (Å²) in [6, 6.07) is 9.16. The van der Waals surface area contributed by atoms with Crippen LogP contribution >= 0.6 is 0 Å². The van der Waals surface area contributed by atoms with Crippen molar-refractivity contribution in [2.75, 3.05) is 0 Å². The maximum atomic E-state index is 11.3. The summed E-state index contributed by atoms with van der Waals surface area (Å²) >= 11 is 0. The normalized spacial score (nSPS) is 10.3. The average molecular weight is 257 g/mol. The lowest BCUT2D eigenvalue weighted by atomic mass is 10.1. The fourth-order valence-corrected chi connectivity index (χ4v) is 1.91. The van der Waals surface area contributed by atoms with Crippen molar-refractivity contribution in [3.05, 3.63) is 52.7 Å². The zero-order valence-electron chi connectivity index (χ0n) is 11.1. The van der Waals surface area contributed by atoms with Crippen LogP contribution in [0.3, 0.4) is 0 Å². The number of hydrogen-bond acceptors (Lipinski definition) is 3. The smallest absolute Gasteiger partial charge is 0.341 e. The van der Waals surface area contributed by atoms with Gasteiger partial charge < -0.3 is 9.84 Å². The fourth-order valence-electron chi connectivity index (χ4n) is 1.91. The van der Waals surface area contributed by atoms with Crippen molar-refractivity contribution in [2.24, 2.45) is 0 Å². The first-order valence-corrected chi connectivity index (χ1v) is 5.94. The molecule has 0 saturated heterocycles. The molecular weight excluding hydrogens is 242 g/mol. The molecule has 2 aromatic rings. The minimum absolute atomic E-state index is 0.105. The van der Waals surface area contributed by atoms with Crippen LogP contribution in [0.2, 0.25) is 0 Å². The van der Waals surface area contributed by atoms with Gasteiger partial charge in [0.1, 0.15) is 11.3 Å². The van der Waals surface area contributed by atoms with Crippen molar-refractivity contribution in [1.82, 2.24) is 4.98 Å². The summed E-state index contributed by atoms with van der Waals surface area (Å²) in [7, 11) is 0. The molecule has 0 saturated carbocycles. The Labute approximate surface area is 111 Å². The third kappa shape index (κ3) is 2.73. The molecule has 1 N–H and O–H groups in total. The largest absolute Gasteiger partial charge is 0.477 e. The second-order valence-corrected chi connectivity index (χ2v) is 4.43. The minimum atomic E-state index is -1.03. The lowest BCUT2D eigenvalue weighted by Gasteiger charge is -2.12. The number of aryl methyl sites for hydroxylation is 3. The Hall–Kier alpha value is -2.36. The van der Waals surface area contributed by atoms with Gasteiger partial charge >= 0.3 is 5.97 Å². The van der Waals surface area contributed by atoms with E-state index in [0.717, 1.165) is 11.3 Å². The molecule has 0 spiro atoms. The van der Waals surface area contributed by atoms with Crippen LogP contribution in [-0.2, 0) is 0 Å². The summed E-state index contributed by atoms with van der Waals surface area (Å²) in [5.74, 6) is -0.282. The van der Waals surface area contributed by atoms with Crippen LogP contribution in [0, 0.1) is 20.8 Å². The molecule has 4 nitrogen and oxygen atoms in total. The third-order valence-corrected chi connectivity index (χ3v) is 2.83. The van der Waals surface area contributed by atoms with Gasteiger partial charge in [-0.3, -0.25) is 0 Å². The van der Waals surface area contributed by atoms with E-state index in [4.69, 9.17) is 4.74 Å². The van der Waals surface area contributed by atoms with Crippen molar-refractivity contribution < 1.29 is 14.6 Å². The highest BCUT2D eigenvalue weighted by molar-refractivity contribution is 5.92. The van der Waals surface area contributed by atoms with E-state index in [1.54, 1.807) is 19.1 Å². The van der Waals surface area contributed by atoms with Crippen molar-refractivity contribution >= 4 is 5.97 Å². The molecule has 0 aliphatic rings. The van der Waals surface area contributed by atoms with Gasteiger partial charge in [0.05, 0.1) is 0 Å². The van der Waals surface area contributed by atoms with E-state index in [0.29, 0.717) is 11.3 Å². The summed E-state index contributed by atoms with van der Waals surface area (Å²) in [5, 5.41) is 9.26. The van der Waals surface area contributed by atoms with Crippen LogP contribution in [0.25, 0.3) is 0 Å². The van der Waals surface area contributed by atoms with Crippen LogP contribution in [-0.4, -0.2) is 16.1 Å². The third-order valence-electron chi connectivity index (χ3n) is 2.83. The number of carboxylic acids is 1. The zero-order chi connectivity index (χ0) is 14.0. The van der Waals surface area contributed by atoms with E-state index in [2.05, 4.69) is 4.98 Å². The molecule has 0 atom stereocenters. The maximum Gasteiger partial charge on any atom is 0.341 e. The van der Waals surface area contributed by atoms with Crippen LogP contribution in [0.15, 0.2) is 30.3 Å². The van der Waals surface area contributed by atoms with E-state index in [1.807, 2.05) is 32.0 Å². The molecule has 19 heavy (non-hydrogen) atoms. The lowest BCUT2D eigenvalue weighted by Crippen LogP contribution is -2.06. The molecule has 0 unspecified atom stereocenters. The number of nitrogens with zero attached hydrogens (tertiary/aromatic N) is 1. The van der Waals surface area contributed by atoms with Gasteiger partial charge in [-0.1, -0.05) is 18.2 Å². The first kappa shape index (κ1) is 13.1. The number of benzene rings is 1. The van der Waals surface area contributed by atoms with Gasteiger partial charge in [-0.25, -0.2) is 9.78 Å². The number of ether oxygens (including phenoxy) is 1. The molecule has 1 heterocycles. The monoisotopic (exact) mass is 257 g/mol. The van der Waals surface area contributed by atoms with Gasteiger partial charge in [0.2, 0.25) is 5.88 Å². The zero-order valence-corrected chi connectivity index (χ0v) is 11.1. The number of rotatable bonds is 3. The van der Waals surface area contributed by atoms with Crippen LogP contribution in [0.5, 0.6) is 11.6 Å². The van der Waals surface area contributed by atoms with Crippen molar-refractivity contribution in [2.45, 2.75) is 20.8 Å². The van der Waals surface area contributed by atoms with E-state index in [9.17, 15) is 9.90 Å². The number of pyridine rings is 1. The van der Waals surface area contributed by atoms with Gasteiger partial charge in [0.25, 0.3) is 0 Å². The van der Waals surface area contributed by atoms with Crippen LogP contribution in [0.1, 0.15) is 27.2 Å². The molecule has 0 bridgehead atoms. The predicted molar refractivity (Wildman–Crippen MR) is 71.9 cm³/mol. The molecule has 2 rings (SSSR count). The van der Waals surface area contributed by atoms with Gasteiger partial charge in [-0.2, -0.15) is 0 Å². The van der Waals surface area contributed by atoms with Crippen molar-refractivity contribution in [3.8, 4) is 11.6 Å². The number of hydrogen-bond donors (Lipinski definition) is 1. The predicted octanol–water partition coefficient (Wildman–Crippen LogP) is 3.50. The average Bonchev–Trinajstić information content (AvgIpc) is 2.30. The van der Waals surface area contributed by atoms with E-state index >= 15 is 0 Å². The highest BCUT2D eigenvalue weighted by atomic mass is 16.5. The molecule has 0 aliphatic heterocycles. The van der Waals surface area contributed by atoms with Gasteiger partial charge in [0.15, 0.2) is 0 Å². The van der Waals surface area contributed by atoms with Crippen molar-refractivity contribution in [3.63, 3.8) is 0 Å². The Morgan fingerprint density at radius 1 is 1.16 bits per heavy atom. The summed E-state index contributed by atoms with van der Waals surface area (Å²) in [5.41, 5.74) is 2.41. The quantitative estimate of drug-likeness (QED) is 0.914. The van der Waals surface area contributed by atoms with Gasteiger partial charge in [-0.15, -0.1) is 0 Å². The Kier molecular flexibility index (Phi) is 3.51. The Morgan fingerprint density at radius 3 is 2.47 bits per heavy atom. The standard InChI is InChI=1S/C15H15NO3/c1-9-6-4-5-7-12(9)19-14-13(15(17)18)10(2)8-11(3)16-14/h4-8H,1-3H3,(H,17,18). The number of carboxylic acid groups (broad SMARTS) is 1. The Balaban J connectivity index is 2.51. The SMILES string of the molecule is Cc1cc(C)c(C(=O)O)c(Oc2ccccc2C)n1. The lowest BCUT2D eigenvalue weighted by molar-refractivity contribution is 0.0692. The van der Waals surface area contributed by atoms with Gasteiger partial charge in [-0.05, 0) is 44.0 Å². The van der Waals surface area contributed by atoms with Crippen LogP contribution < -0.4 is 4.74 Å². The first-order valence-electron chi connectivity index (χ1n) is 5.94. The molecule has 0 fully saturated rings. The number of carbonyl (C=O) groups is 1.